The first-order valence-electron chi connectivity index (χ1n) is 4.11. The smallest absolute Gasteiger partial charge is 0.319 e. The maximum atomic E-state index is 10.7. The van der Waals surface area contributed by atoms with Gasteiger partial charge < -0.3 is 15.2 Å². The zero-order valence-electron chi connectivity index (χ0n) is 7.67. The lowest BCUT2D eigenvalue weighted by atomic mass is 10.2. The van der Waals surface area contributed by atoms with Crippen molar-refractivity contribution in [2.45, 2.75) is 25.8 Å². The number of nitrogens with one attached hydrogen (secondary N) is 1. The van der Waals surface area contributed by atoms with Gasteiger partial charge in [0.15, 0.2) is 0 Å². The van der Waals surface area contributed by atoms with Crippen LogP contribution in [-0.2, 0) is 9.53 Å². The molecular weight excluding hydrogens is 158 g/mol. The maximum absolute atomic E-state index is 10.7. The summed E-state index contributed by atoms with van der Waals surface area (Å²) in [5, 5.41) is 11.5. The van der Waals surface area contributed by atoms with Crippen LogP contribution in [0.4, 0.5) is 0 Å². The first-order valence-corrected chi connectivity index (χ1v) is 4.11. The van der Waals surface area contributed by atoms with E-state index in [1.54, 1.807) is 0 Å². The number of hydrogen-bond donors (Lipinski definition) is 2. The number of aliphatic hydroxyl groups excluding tert-OH is 1. The highest BCUT2D eigenvalue weighted by Crippen LogP contribution is 1.94. The number of aliphatic hydroxyl groups is 1. The minimum absolute atomic E-state index is 0.199. The lowest BCUT2D eigenvalue weighted by Crippen LogP contribution is -2.32. The van der Waals surface area contributed by atoms with Gasteiger partial charge in [0.1, 0.15) is 0 Å². The van der Waals surface area contributed by atoms with Crippen molar-refractivity contribution in [3.63, 3.8) is 0 Å². The molecule has 0 spiro atoms. The molecule has 0 radical (unpaired) electrons. The molecule has 0 aliphatic rings. The van der Waals surface area contributed by atoms with Crippen molar-refractivity contribution in [2.24, 2.45) is 0 Å². The number of ether oxygens (including phenoxy) is 1. The van der Waals surface area contributed by atoms with E-state index < -0.39 is 0 Å². The van der Waals surface area contributed by atoms with Crippen LogP contribution in [-0.4, -0.2) is 37.4 Å². The summed E-state index contributed by atoms with van der Waals surface area (Å²) in [5.74, 6) is -0.258. The topological polar surface area (TPSA) is 58.6 Å². The summed E-state index contributed by atoms with van der Waals surface area (Å²) in [6.07, 6.45) is 1.63. The largest absolute Gasteiger partial charge is 0.468 e. The molecule has 0 aromatic rings. The second kappa shape index (κ2) is 7.06. The molecule has 0 fully saturated rings. The lowest BCUT2D eigenvalue weighted by Gasteiger charge is -2.11. The van der Waals surface area contributed by atoms with E-state index >= 15 is 0 Å². The Morgan fingerprint density at radius 3 is 2.83 bits per heavy atom. The zero-order valence-corrected chi connectivity index (χ0v) is 7.67. The molecule has 4 nitrogen and oxygen atoms in total. The standard InChI is InChI=1S/C8H17NO3/c1-7(4-3-5-10)9-6-8(11)12-2/h7,9-10H,3-6H2,1-2H3. The highest BCUT2D eigenvalue weighted by Gasteiger charge is 2.03. The fraction of sp³-hybridized carbons (Fsp3) is 0.875. The molecule has 0 aromatic heterocycles. The van der Waals surface area contributed by atoms with Crippen LogP contribution in [0, 0.1) is 0 Å². The first-order chi connectivity index (χ1) is 5.70. The molecule has 0 aliphatic heterocycles. The Balaban J connectivity index is 3.30. The fourth-order valence-corrected chi connectivity index (χ4v) is 0.829. The van der Waals surface area contributed by atoms with Gasteiger partial charge in [0, 0.05) is 12.6 Å². The van der Waals surface area contributed by atoms with Crippen LogP contribution in [0.25, 0.3) is 0 Å². The van der Waals surface area contributed by atoms with Gasteiger partial charge in [-0.25, -0.2) is 0 Å². The van der Waals surface area contributed by atoms with E-state index in [-0.39, 0.29) is 25.2 Å². The average molecular weight is 175 g/mol. The van der Waals surface area contributed by atoms with Crippen LogP contribution in [0.5, 0.6) is 0 Å². The van der Waals surface area contributed by atoms with Gasteiger partial charge in [-0.2, -0.15) is 0 Å². The van der Waals surface area contributed by atoms with Crippen LogP contribution in [0.3, 0.4) is 0 Å². The molecule has 0 heterocycles. The molecule has 0 saturated heterocycles. The van der Waals surface area contributed by atoms with Crippen molar-refractivity contribution in [1.29, 1.82) is 0 Å². The monoisotopic (exact) mass is 175 g/mol. The third-order valence-corrected chi connectivity index (χ3v) is 1.62. The van der Waals surface area contributed by atoms with Crippen molar-refractivity contribution in [3.05, 3.63) is 0 Å². The molecule has 1 atom stereocenters. The molecule has 4 heteroatoms. The zero-order chi connectivity index (χ0) is 9.40. The van der Waals surface area contributed by atoms with Crippen molar-refractivity contribution in [2.75, 3.05) is 20.3 Å². The van der Waals surface area contributed by atoms with Crippen LogP contribution < -0.4 is 5.32 Å². The number of esters is 1. The molecular formula is C8H17NO3. The first kappa shape index (κ1) is 11.4. The molecule has 0 rings (SSSR count). The summed E-state index contributed by atoms with van der Waals surface area (Å²) in [6, 6.07) is 0.247. The Hall–Kier alpha value is -0.610. The fourth-order valence-electron chi connectivity index (χ4n) is 0.829. The Morgan fingerprint density at radius 1 is 1.67 bits per heavy atom. The van der Waals surface area contributed by atoms with E-state index in [1.165, 1.54) is 7.11 Å². The van der Waals surface area contributed by atoms with E-state index in [0.717, 1.165) is 12.8 Å². The predicted molar refractivity (Wildman–Crippen MR) is 45.8 cm³/mol. The van der Waals surface area contributed by atoms with Gasteiger partial charge in [-0.15, -0.1) is 0 Å². The summed E-state index contributed by atoms with van der Waals surface area (Å²) < 4.78 is 4.45. The van der Waals surface area contributed by atoms with Crippen LogP contribution in [0.2, 0.25) is 0 Å². The van der Waals surface area contributed by atoms with Gasteiger partial charge in [0.2, 0.25) is 0 Å². The number of methoxy groups -OCH3 is 1. The van der Waals surface area contributed by atoms with Crippen molar-refractivity contribution in [3.8, 4) is 0 Å². The summed E-state index contributed by atoms with van der Waals surface area (Å²) in [6.45, 7) is 2.41. The van der Waals surface area contributed by atoms with E-state index in [0.29, 0.717) is 0 Å². The van der Waals surface area contributed by atoms with E-state index in [1.807, 2.05) is 6.92 Å². The second-order valence-corrected chi connectivity index (χ2v) is 2.72. The average Bonchev–Trinajstić information content (AvgIpc) is 2.10. The Labute approximate surface area is 72.9 Å². The summed E-state index contributed by atoms with van der Waals surface area (Å²) in [4.78, 5) is 10.7. The molecule has 12 heavy (non-hydrogen) atoms. The van der Waals surface area contributed by atoms with Gasteiger partial charge in [-0.3, -0.25) is 4.79 Å². The van der Waals surface area contributed by atoms with E-state index in [4.69, 9.17) is 5.11 Å². The SMILES string of the molecule is COC(=O)CNC(C)CCCO. The van der Waals surface area contributed by atoms with Crippen molar-refractivity contribution in [1.82, 2.24) is 5.32 Å². The number of carbonyl (C=O) groups excluding carboxylic acids is 1. The Morgan fingerprint density at radius 2 is 2.33 bits per heavy atom. The van der Waals surface area contributed by atoms with E-state index in [2.05, 4.69) is 10.1 Å². The quantitative estimate of drug-likeness (QED) is 0.554. The summed E-state index contributed by atoms with van der Waals surface area (Å²) >= 11 is 0. The van der Waals surface area contributed by atoms with Gasteiger partial charge in [0.05, 0.1) is 13.7 Å². The Kier molecular flexibility index (Phi) is 6.70. The minimum atomic E-state index is -0.258. The van der Waals surface area contributed by atoms with Gasteiger partial charge in [-0.05, 0) is 19.8 Å². The van der Waals surface area contributed by atoms with Crippen molar-refractivity contribution >= 4 is 5.97 Å². The van der Waals surface area contributed by atoms with Crippen LogP contribution >= 0.6 is 0 Å². The third-order valence-electron chi connectivity index (χ3n) is 1.62. The minimum Gasteiger partial charge on any atom is -0.468 e. The lowest BCUT2D eigenvalue weighted by molar-refractivity contribution is -0.139. The maximum Gasteiger partial charge on any atom is 0.319 e. The second-order valence-electron chi connectivity index (χ2n) is 2.72. The van der Waals surface area contributed by atoms with Gasteiger partial charge in [-0.1, -0.05) is 0 Å². The molecule has 1 unspecified atom stereocenters. The summed E-state index contributed by atoms with van der Waals surface area (Å²) in [5.41, 5.74) is 0. The van der Waals surface area contributed by atoms with Crippen molar-refractivity contribution < 1.29 is 14.6 Å². The molecule has 0 bridgehead atoms. The number of carbonyl (C=O) groups is 1. The number of rotatable bonds is 6. The highest BCUT2D eigenvalue weighted by atomic mass is 16.5. The normalized spacial score (nSPS) is 12.6. The van der Waals surface area contributed by atoms with Crippen LogP contribution in [0.1, 0.15) is 19.8 Å². The highest BCUT2D eigenvalue weighted by molar-refractivity contribution is 5.71. The molecule has 0 aromatic carbocycles. The van der Waals surface area contributed by atoms with Gasteiger partial charge in [0.25, 0.3) is 0 Å². The van der Waals surface area contributed by atoms with Crippen LogP contribution in [0.15, 0.2) is 0 Å². The molecule has 72 valence electrons. The Bertz CT molecular complexity index is 127. The van der Waals surface area contributed by atoms with E-state index in [9.17, 15) is 4.79 Å². The predicted octanol–water partition coefficient (Wildman–Crippen LogP) is -0.0900. The van der Waals surface area contributed by atoms with Gasteiger partial charge >= 0.3 is 5.97 Å². The molecule has 2 N–H and O–H groups in total. The summed E-state index contributed by atoms with van der Waals surface area (Å²) in [7, 11) is 1.36. The molecule has 0 amide bonds. The third kappa shape index (κ3) is 6.12. The molecule has 0 aliphatic carbocycles. The molecule has 0 saturated carbocycles. The number of hydrogen-bond acceptors (Lipinski definition) is 4.